The van der Waals surface area contributed by atoms with Crippen LogP contribution in [0.4, 0.5) is 14.5 Å². The molecule has 0 bridgehead atoms. The number of nitrogens with one attached hydrogen (secondary N) is 1. The van der Waals surface area contributed by atoms with Gasteiger partial charge in [0.1, 0.15) is 5.75 Å². The van der Waals surface area contributed by atoms with Gasteiger partial charge in [-0.1, -0.05) is 29.8 Å². The molecular weight excluding hydrogens is 312 g/mol. The van der Waals surface area contributed by atoms with E-state index in [1.54, 1.807) is 24.3 Å². The van der Waals surface area contributed by atoms with Crippen molar-refractivity contribution in [1.29, 1.82) is 0 Å². The lowest BCUT2D eigenvalue weighted by Gasteiger charge is -2.09. The maximum Gasteiger partial charge on any atom is 0.387 e. The van der Waals surface area contributed by atoms with Gasteiger partial charge in [-0.15, -0.1) is 0 Å². The normalized spacial score (nSPS) is 10.6. The van der Waals surface area contributed by atoms with Crippen molar-refractivity contribution in [1.82, 2.24) is 0 Å². The van der Waals surface area contributed by atoms with E-state index in [0.29, 0.717) is 16.3 Å². The molecule has 22 heavy (non-hydrogen) atoms. The van der Waals surface area contributed by atoms with Crippen molar-refractivity contribution in [3.8, 4) is 5.75 Å². The number of rotatable bonds is 5. The van der Waals surface area contributed by atoms with Crippen LogP contribution >= 0.6 is 11.6 Å². The first-order valence-electron chi connectivity index (χ1n) is 6.54. The third-order valence-corrected chi connectivity index (χ3v) is 3.22. The van der Waals surface area contributed by atoms with Crippen molar-refractivity contribution in [2.45, 2.75) is 20.0 Å². The summed E-state index contributed by atoms with van der Waals surface area (Å²) < 4.78 is 28.3. The van der Waals surface area contributed by atoms with Crippen LogP contribution in [0.5, 0.6) is 5.75 Å². The molecule has 0 aliphatic rings. The SMILES string of the molecule is Cc1ccc(NC(=O)Cc2ccc(OC(F)F)cc2)c(Cl)c1. The van der Waals surface area contributed by atoms with E-state index in [9.17, 15) is 13.6 Å². The van der Waals surface area contributed by atoms with Crippen molar-refractivity contribution in [2.24, 2.45) is 0 Å². The van der Waals surface area contributed by atoms with E-state index in [-0.39, 0.29) is 18.1 Å². The number of alkyl halides is 2. The zero-order chi connectivity index (χ0) is 16.1. The van der Waals surface area contributed by atoms with Crippen LogP contribution < -0.4 is 10.1 Å². The molecule has 3 nitrogen and oxygen atoms in total. The van der Waals surface area contributed by atoms with Gasteiger partial charge in [-0.05, 0) is 42.3 Å². The summed E-state index contributed by atoms with van der Waals surface area (Å²) in [6.45, 7) is -0.960. The fraction of sp³-hybridized carbons (Fsp3) is 0.188. The van der Waals surface area contributed by atoms with Crippen LogP contribution in [0.1, 0.15) is 11.1 Å². The van der Waals surface area contributed by atoms with E-state index in [2.05, 4.69) is 10.1 Å². The molecule has 0 atom stereocenters. The zero-order valence-electron chi connectivity index (χ0n) is 11.8. The van der Waals surface area contributed by atoms with Gasteiger partial charge in [0.05, 0.1) is 17.1 Å². The molecule has 0 aromatic heterocycles. The van der Waals surface area contributed by atoms with Crippen molar-refractivity contribution in [2.75, 3.05) is 5.32 Å². The molecule has 0 saturated heterocycles. The maximum absolute atomic E-state index is 12.0. The van der Waals surface area contributed by atoms with Crippen LogP contribution in [-0.4, -0.2) is 12.5 Å². The minimum Gasteiger partial charge on any atom is -0.435 e. The van der Waals surface area contributed by atoms with E-state index >= 15 is 0 Å². The summed E-state index contributed by atoms with van der Waals surface area (Å²) in [7, 11) is 0. The summed E-state index contributed by atoms with van der Waals surface area (Å²) >= 11 is 6.04. The Labute approximate surface area is 131 Å². The number of benzene rings is 2. The van der Waals surface area contributed by atoms with Crippen LogP contribution in [0.15, 0.2) is 42.5 Å². The van der Waals surface area contributed by atoms with Crippen LogP contribution in [0, 0.1) is 6.92 Å². The van der Waals surface area contributed by atoms with Gasteiger partial charge in [-0.2, -0.15) is 8.78 Å². The monoisotopic (exact) mass is 325 g/mol. The summed E-state index contributed by atoms with van der Waals surface area (Å²) in [4.78, 5) is 12.0. The summed E-state index contributed by atoms with van der Waals surface area (Å²) in [5.41, 5.74) is 2.22. The van der Waals surface area contributed by atoms with E-state index in [1.165, 1.54) is 12.1 Å². The molecule has 0 unspecified atom stereocenters. The highest BCUT2D eigenvalue weighted by atomic mass is 35.5. The molecule has 0 aliphatic carbocycles. The fourth-order valence-corrected chi connectivity index (χ4v) is 2.17. The minimum atomic E-state index is -2.86. The lowest BCUT2D eigenvalue weighted by Crippen LogP contribution is -2.14. The molecule has 2 rings (SSSR count). The highest BCUT2D eigenvalue weighted by Crippen LogP contribution is 2.23. The Morgan fingerprint density at radius 2 is 1.91 bits per heavy atom. The van der Waals surface area contributed by atoms with Gasteiger partial charge in [0, 0.05) is 0 Å². The van der Waals surface area contributed by atoms with Gasteiger partial charge in [0.25, 0.3) is 0 Å². The number of carbonyl (C=O) groups is 1. The van der Waals surface area contributed by atoms with Crippen molar-refractivity contribution >= 4 is 23.2 Å². The number of hydrogen-bond acceptors (Lipinski definition) is 2. The maximum atomic E-state index is 12.0. The van der Waals surface area contributed by atoms with Crippen LogP contribution in [0.2, 0.25) is 5.02 Å². The molecule has 0 aliphatic heterocycles. The summed E-state index contributed by atoms with van der Waals surface area (Å²) in [5.74, 6) is -0.186. The lowest BCUT2D eigenvalue weighted by molar-refractivity contribution is -0.115. The first kappa shape index (κ1) is 16.2. The van der Waals surface area contributed by atoms with Gasteiger partial charge >= 0.3 is 6.61 Å². The number of aryl methyl sites for hydroxylation is 1. The predicted octanol–water partition coefficient (Wildman–Crippen LogP) is 4.43. The molecule has 0 radical (unpaired) electrons. The van der Waals surface area contributed by atoms with Gasteiger partial charge in [-0.25, -0.2) is 0 Å². The van der Waals surface area contributed by atoms with Crippen LogP contribution in [0.25, 0.3) is 0 Å². The quantitative estimate of drug-likeness (QED) is 0.883. The molecule has 6 heteroatoms. The fourth-order valence-electron chi connectivity index (χ4n) is 1.89. The highest BCUT2D eigenvalue weighted by Gasteiger charge is 2.08. The number of amides is 1. The number of anilines is 1. The largest absolute Gasteiger partial charge is 0.435 e. The molecule has 2 aromatic rings. The topological polar surface area (TPSA) is 38.3 Å². The van der Waals surface area contributed by atoms with Gasteiger partial charge < -0.3 is 10.1 Å². The second-order valence-corrected chi connectivity index (χ2v) is 5.14. The number of carbonyl (C=O) groups excluding carboxylic acids is 1. The zero-order valence-corrected chi connectivity index (χ0v) is 12.5. The number of hydrogen-bond donors (Lipinski definition) is 1. The van der Waals surface area contributed by atoms with Crippen molar-refractivity contribution in [3.05, 3.63) is 58.6 Å². The minimum absolute atomic E-state index is 0.0562. The standard InChI is InChI=1S/C16H14ClF2NO2/c1-10-2-7-14(13(17)8-10)20-15(21)9-11-3-5-12(6-4-11)22-16(18)19/h2-8,16H,9H2,1H3,(H,20,21). The highest BCUT2D eigenvalue weighted by molar-refractivity contribution is 6.33. The van der Waals surface area contributed by atoms with Crippen LogP contribution in [0.3, 0.4) is 0 Å². The molecule has 1 amide bonds. The van der Waals surface area contributed by atoms with Gasteiger partial charge in [0.15, 0.2) is 0 Å². The Bertz CT molecular complexity index is 660. The predicted molar refractivity (Wildman–Crippen MR) is 81.6 cm³/mol. The molecule has 0 saturated carbocycles. The summed E-state index contributed by atoms with van der Waals surface area (Å²) in [6.07, 6.45) is 0.110. The summed E-state index contributed by atoms with van der Waals surface area (Å²) in [6, 6.07) is 11.3. The second kappa shape index (κ2) is 7.22. The Morgan fingerprint density at radius 3 is 2.50 bits per heavy atom. The Kier molecular flexibility index (Phi) is 5.33. The Morgan fingerprint density at radius 1 is 1.23 bits per heavy atom. The van der Waals surface area contributed by atoms with Gasteiger partial charge in [-0.3, -0.25) is 4.79 Å². The average molecular weight is 326 g/mol. The molecule has 0 spiro atoms. The van der Waals surface area contributed by atoms with E-state index in [1.807, 2.05) is 13.0 Å². The van der Waals surface area contributed by atoms with Crippen molar-refractivity contribution < 1.29 is 18.3 Å². The van der Waals surface area contributed by atoms with E-state index in [0.717, 1.165) is 5.56 Å². The third-order valence-electron chi connectivity index (χ3n) is 2.91. The van der Waals surface area contributed by atoms with Crippen molar-refractivity contribution in [3.63, 3.8) is 0 Å². The average Bonchev–Trinajstić information content (AvgIpc) is 2.43. The molecule has 0 fully saturated rings. The van der Waals surface area contributed by atoms with Gasteiger partial charge in [0.2, 0.25) is 5.91 Å². The Balaban J connectivity index is 1.97. The molecule has 1 N–H and O–H groups in total. The number of halogens is 3. The summed E-state index contributed by atoms with van der Waals surface area (Å²) in [5, 5.41) is 3.18. The molecule has 0 heterocycles. The smallest absolute Gasteiger partial charge is 0.387 e. The van der Waals surface area contributed by atoms with Crippen LogP contribution in [-0.2, 0) is 11.2 Å². The Hall–Kier alpha value is -2.14. The van der Waals surface area contributed by atoms with E-state index < -0.39 is 6.61 Å². The molecule has 116 valence electrons. The first-order valence-corrected chi connectivity index (χ1v) is 6.91. The molecule has 2 aromatic carbocycles. The van der Waals surface area contributed by atoms with E-state index in [4.69, 9.17) is 11.6 Å². The molecular formula is C16H14ClF2NO2. The first-order chi connectivity index (χ1) is 10.4. The number of ether oxygens (including phenoxy) is 1. The second-order valence-electron chi connectivity index (χ2n) is 4.73. The lowest BCUT2D eigenvalue weighted by atomic mass is 10.1. The third kappa shape index (κ3) is 4.70.